The normalized spacial score (nSPS) is 11.6. The Morgan fingerprint density at radius 2 is 0.667 bits per heavy atom. The molecule has 338 valence electrons. The van der Waals surface area contributed by atoms with E-state index >= 15 is 0 Å². The molecule has 0 saturated carbocycles. The molecule has 0 spiro atoms. The summed E-state index contributed by atoms with van der Waals surface area (Å²) in [5.41, 5.74) is 19.2. The zero-order valence-electron chi connectivity index (χ0n) is 39.2. The van der Waals surface area contributed by atoms with E-state index in [2.05, 4.69) is 286 Å². The Morgan fingerprint density at radius 3 is 1.19 bits per heavy atom. The molecule has 11 aromatic carbocycles. The molecule has 0 unspecified atom stereocenters. The molecule has 0 fully saturated rings. The average Bonchev–Trinajstić information content (AvgIpc) is 4.15. The van der Waals surface area contributed by atoms with Crippen LogP contribution in [0.4, 0.5) is 17.1 Å². The minimum atomic E-state index is 1.02. The van der Waals surface area contributed by atoms with Gasteiger partial charge >= 0.3 is 0 Å². The topological polar surface area (TPSA) is 30.9 Å². The number of hydrogen-bond acceptors (Lipinski definition) is 2. The fourth-order valence-corrected chi connectivity index (χ4v) is 11.0. The Balaban J connectivity index is 0.842. The van der Waals surface area contributed by atoms with E-state index in [1.165, 1.54) is 49.3 Å². The SMILES string of the molecule is c1ccc(-c2ccc(N(c3ccc(-c4ccccc4)cc3)c3ccc(-c4ccc(-n5c6ccccc6c6cccc(-n7ncc8c7ccc7c9ccccc9n(-c9ccccc9)c78)c65)cc4)cc3)cc2)cc1. The summed E-state index contributed by atoms with van der Waals surface area (Å²) in [5, 5.41) is 11.1. The van der Waals surface area contributed by atoms with Crippen LogP contribution in [0, 0.1) is 0 Å². The number of rotatable bonds is 9. The van der Waals surface area contributed by atoms with E-state index < -0.39 is 0 Å². The van der Waals surface area contributed by atoms with Gasteiger partial charge in [-0.2, -0.15) is 5.10 Å². The third kappa shape index (κ3) is 6.82. The number of fused-ring (bicyclic) bond motifs is 8. The van der Waals surface area contributed by atoms with Gasteiger partial charge in [-0.05, 0) is 124 Å². The van der Waals surface area contributed by atoms with E-state index in [1.807, 2.05) is 6.20 Å². The van der Waals surface area contributed by atoms with Gasteiger partial charge < -0.3 is 14.0 Å². The van der Waals surface area contributed by atoms with Crippen LogP contribution in [-0.2, 0) is 0 Å². The first-order valence-electron chi connectivity index (χ1n) is 24.5. The molecular weight excluding hydrogens is 875 g/mol. The van der Waals surface area contributed by atoms with Gasteiger partial charge in [0.1, 0.15) is 0 Å². The molecule has 3 aromatic heterocycles. The zero-order valence-corrected chi connectivity index (χ0v) is 39.2. The second kappa shape index (κ2) is 17.1. The smallest absolute Gasteiger partial charge is 0.0899 e. The highest BCUT2D eigenvalue weighted by Crippen LogP contribution is 2.42. The summed E-state index contributed by atoms with van der Waals surface area (Å²) in [6.07, 6.45) is 2.05. The van der Waals surface area contributed by atoms with Crippen molar-refractivity contribution in [3.8, 4) is 50.4 Å². The summed E-state index contributed by atoms with van der Waals surface area (Å²) < 4.78 is 6.93. The summed E-state index contributed by atoms with van der Waals surface area (Å²) in [4.78, 5) is 2.34. The Kier molecular flexibility index (Phi) is 9.78. The maximum Gasteiger partial charge on any atom is 0.0899 e. The summed E-state index contributed by atoms with van der Waals surface area (Å²) in [7, 11) is 0. The Morgan fingerprint density at radius 1 is 0.264 bits per heavy atom. The van der Waals surface area contributed by atoms with Crippen LogP contribution in [0.15, 0.2) is 273 Å². The van der Waals surface area contributed by atoms with Crippen molar-refractivity contribution in [2.75, 3.05) is 4.90 Å². The van der Waals surface area contributed by atoms with Gasteiger partial charge in [-0.15, -0.1) is 0 Å². The van der Waals surface area contributed by atoms with Crippen molar-refractivity contribution in [1.82, 2.24) is 18.9 Å². The number of para-hydroxylation sites is 4. The van der Waals surface area contributed by atoms with Crippen molar-refractivity contribution in [2.24, 2.45) is 0 Å². The summed E-state index contributed by atoms with van der Waals surface area (Å²) in [6, 6.07) is 96.0. The minimum absolute atomic E-state index is 1.02. The molecule has 0 amide bonds. The van der Waals surface area contributed by atoms with Crippen molar-refractivity contribution in [1.29, 1.82) is 0 Å². The lowest BCUT2D eigenvalue weighted by Gasteiger charge is -2.26. The molecule has 0 aliphatic rings. The van der Waals surface area contributed by atoms with Gasteiger partial charge in [0.25, 0.3) is 0 Å². The number of benzene rings is 11. The molecule has 0 atom stereocenters. The predicted molar refractivity (Wildman–Crippen MR) is 301 cm³/mol. The number of hydrogen-bond donors (Lipinski definition) is 0. The Bertz CT molecular complexity index is 4180. The highest BCUT2D eigenvalue weighted by Gasteiger charge is 2.22. The maximum atomic E-state index is 5.21. The maximum absolute atomic E-state index is 5.21. The van der Waals surface area contributed by atoms with Gasteiger partial charge in [0.15, 0.2) is 0 Å². The molecule has 5 heteroatoms. The Labute approximate surface area is 417 Å². The van der Waals surface area contributed by atoms with Crippen LogP contribution in [0.1, 0.15) is 0 Å². The monoisotopic (exact) mass is 919 g/mol. The molecule has 0 saturated heterocycles. The minimum Gasteiger partial charge on any atom is -0.311 e. The highest BCUT2D eigenvalue weighted by molar-refractivity contribution is 6.19. The molecule has 0 aliphatic heterocycles. The van der Waals surface area contributed by atoms with Gasteiger partial charge in [-0.25, -0.2) is 4.68 Å². The van der Waals surface area contributed by atoms with Gasteiger partial charge in [0.2, 0.25) is 0 Å². The van der Waals surface area contributed by atoms with Gasteiger partial charge in [-0.3, -0.25) is 0 Å². The molecular formula is C67H45N5. The van der Waals surface area contributed by atoms with Gasteiger partial charge in [0, 0.05) is 55.4 Å². The fourth-order valence-electron chi connectivity index (χ4n) is 11.0. The van der Waals surface area contributed by atoms with E-state index in [0.29, 0.717) is 0 Å². The lowest BCUT2D eigenvalue weighted by molar-refractivity contribution is 0.912. The molecule has 14 aromatic rings. The molecule has 0 N–H and O–H groups in total. The lowest BCUT2D eigenvalue weighted by atomic mass is 10.0. The molecule has 5 nitrogen and oxygen atoms in total. The largest absolute Gasteiger partial charge is 0.311 e. The van der Waals surface area contributed by atoms with Crippen molar-refractivity contribution in [2.45, 2.75) is 0 Å². The lowest BCUT2D eigenvalue weighted by Crippen LogP contribution is -2.09. The van der Waals surface area contributed by atoms with E-state index in [1.54, 1.807) is 0 Å². The van der Waals surface area contributed by atoms with E-state index in [9.17, 15) is 0 Å². The molecule has 0 aliphatic carbocycles. The second-order valence-electron chi connectivity index (χ2n) is 18.4. The van der Waals surface area contributed by atoms with Crippen molar-refractivity contribution < 1.29 is 0 Å². The van der Waals surface area contributed by atoms with Crippen molar-refractivity contribution in [3.05, 3.63) is 273 Å². The first-order valence-corrected chi connectivity index (χ1v) is 24.5. The standard InChI is InChI=1S/C67H45N5/c1-4-15-46(16-5-1)48-27-35-53(36-28-48)69(54-37-29-49(30-38-54)47-17-6-2-7-18-47)55-39-31-50(32-40-55)51-33-41-56(42-34-51)71-63-25-13-10-21-57(63)59-23-14-26-65(67(59)71)72-64-44-43-60-58-22-11-12-24-62(58)70(52-19-8-3-9-20-52)66(60)61(64)45-68-72/h1-45H. The molecule has 0 radical (unpaired) electrons. The second-order valence-corrected chi connectivity index (χ2v) is 18.4. The van der Waals surface area contributed by atoms with Crippen LogP contribution < -0.4 is 4.90 Å². The van der Waals surface area contributed by atoms with Crippen LogP contribution in [-0.4, -0.2) is 18.9 Å². The number of nitrogens with zero attached hydrogens (tertiary/aromatic N) is 5. The average molecular weight is 920 g/mol. The molecule has 72 heavy (non-hydrogen) atoms. The predicted octanol–water partition coefficient (Wildman–Crippen LogP) is 17.7. The first-order chi connectivity index (χ1) is 35.7. The third-order valence-electron chi connectivity index (χ3n) is 14.3. The van der Waals surface area contributed by atoms with Crippen LogP contribution in [0.2, 0.25) is 0 Å². The number of aromatic nitrogens is 4. The fraction of sp³-hybridized carbons (Fsp3) is 0. The quantitative estimate of drug-likeness (QED) is 0.144. The van der Waals surface area contributed by atoms with Crippen LogP contribution in [0.25, 0.3) is 105 Å². The van der Waals surface area contributed by atoms with Gasteiger partial charge in [0.05, 0.1) is 39.5 Å². The number of anilines is 3. The molecule has 0 bridgehead atoms. The van der Waals surface area contributed by atoms with Crippen LogP contribution in [0.5, 0.6) is 0 Å². The van der Waals surface area contributed by atoms with Crippen LogP contribution >= 0.6 is 0 Å². The Hall–Kier alpha value is -9.71. The first kappa shape index (κ1) is 41.3. The van der Waals surface area contributed by atoms with Crippen molar-refractivity contribution in [3.63, 3.8) is 0 Å². The third-order valence-corrected chi connectivity index (χ3v) is 14.3. The summed E-state index contributed by atoms with van der Waals surface area (Å²) in [5.74, 6) is 0. The molecule has 14 rings (SSSR count). The van der Waals surface area contributed by atoms with Gasteiger partial charge in [-0.1, -0.05) is 176 Å². The summed E-state index contributed by atoms with van der Waals surface area (Å²) in [6.45, 7) is 0. The summed E-state index contributed by atoms with van der Waals surface area (Å²) >= 11 is 0. The van der Waals surface area contributed by atoms with E-state index in [4.69, 9.17) is 5.10 Å². The van der Waals surface area contributed by atoms with E-state index in [-0.39, 0.29) is 0 Å². The molecule has 3 heterocycles. The van der Waals surface area contributed by atoms with E-state index in [0.717, 1.165) is 72.7 Å². The highest BCUT2D eigenvalue weighted by atomic mass is 15.3. The van der Waals surface area contributed by atoms with Crippen LogP contribution in [0.3, 0.4) is 0 Å². The zero-order chi connectivity index (χ0) is 47.5. The van der Waals surface area contributed by atoms with Crippen molar-refractivity contribution >= 4 is 71.6 Å².